The molecule has 2 aromatic rings. The Hall–Kier alpha value is -3.20. The van der Waals surface area contributed by atoms with E-state index in [1.165, 1.54) is 18.2 Å². The van der Waals surface area contributed by atoms with Gasteiger partial charge in [0.05, 0.1) is 23.0 Å². The maximum absolute atomic E-state index is 13.4. The Balaban J connectivity index is 1.41. The molecule has 0 aliphatic carbocycles. The van der Waals surface area contributed by atoms with Crippen molar-refractivity contribution in [1.29, 1.82) is 0 Å². The van der Waals surface area contributed by atoms with Crippen molar-refractivity contribution < 1.29 is 18.8 Å². The SMILES string of the molecule is O=C(NCC1CCCO1)C1Cc2cc([N+](=O)[O-])ccc2N2CCN(c3ccc(F)cc3)CC12. The average Bonchev–Trinajstić information content (AvgIpc) is 3.35. The lowest BCUT2D eigenvalue weighted by Crippen LogP contribution is -2.61. The van der Waals surface area contributed by atoms with Crippen LogP contribution in [0.3, 0.4) is 0 Å². The molecule has 2 aromatic carbocycles. The van der Waals surface area contributed by atoms with Gasteiger partial charge < -0.3 is 19.9 Å². The summed E-state index contributed by atoms with van der Waals surface area (Å²) in [6, 6.07) is 11.2. The maximum Gasteiger partial charge on any atom is 0.269 e. The topological polar surface area (TPSA) is 87.9 Å². The molecule has 0 bridgehead atoms. The molecule has 2 fully saturated rings. The minimum Gasteiger partial charge on any atom is -0.376 e. The second-order valence-electron chi connectivity index (χ2n) is 8.94. The number of hydrogen-bond donors (Lipinski definition) is 1. The third-order valence-corrected chi connectivity index (χ3v) is 6.96. The average molecular weight is 455 g/mol. The van der Waals surface area contributed by atoms with Crippen LogP contribution in [0.2, 0.25) is 0 Å². The number of rotatable bonds is 5. The van der Waals surface area contributed by atoms with Crippen LogP contribution in [0.4, 0.5) is 21.5 Å². The van der Waals surface area contributed by atoms with Crippen molar-refractivity contribution in [3.05, 3.63) is 64.0 Å². The second kappa shape index (κ2) is 8.97. The zero-order chi connectivity index (χ0) is 22.9. The van der Waals surface area contributed by atoms with Gasteiger partial charge in [-0.15, -0.1) is 0 Å². The Bertz CT molecular complexity index is 1040. The number of benzene rings is 2. The first kappa shape index (κ1) is 21.6. The number of nitro benzene ring substituents is 1. The maximum atomic E-state index is 13.4. The number of ether oxygens (including phenoxy) is 1. The van der Waals surface area contributed by atoms with Gasteiger partial charge in [-0.3, -0.25) is 14.9 Å². The van der Waals surface area contributed by atoms with Crippen molar-refractivity contribution in [2.75, 3.05) is 42.6 Å². The van der Waals surface area contributed by atoms with Gasteiger partial charge in [-0.1, -0.05) is 0 Å². The van der Waals surface area contributed by atoms with Crippen LogP contribution in [-0.2, 0) is 16.0 Å². The van der Waals surface area contributed by atoms with Crippen molar-refractivity contribution in [2.45, 2.75) is 31.4 Å². The van der Waals surface area contributed by atoms with E-state index in [1.54, 1.807) is 24.3 Å². The van der Waals surface area contributed by atoms with Gasteiger partial charge in [0.15, 0.2) is 0 Å². The van der Waals surface area contributed by atoms with E-state index in [4.69, 9.17) is 4.74 Å². The lowest BCUT2D eigenvalue weighted by atomic mass is 9.83. The molecule has 2 saturated heterocycles. The van der Waals surface area contributed by atoms with E-state index >= 15 is 0 Å². The number of nitrogens with one attached hydrogen (secondary N) is 1. The fraction of sp³-hybridized carbons (Fsp3) is 0.458. The minimum atomic E-state index is -0.397. The molecular formula is C24H27FN4O4. The summed E-state index contributed by atoms with van der Waals surface area (Å²) >= 11 is 0. The summed E-state index contributed by atoms with van der Waals surface area (Å²) in [7, 11) is 0. The molecule has 3 aliphatic heterocycles. The van der Waals surface area contributed by atoms with Gasteiger partial charge in [0.1, 0.15) is 5.82 Å². The highest BCUT2D eigenvalue weighted by atomic mass is 19.1. The van der Waals surface area contributed by atoms with E-state index in [-0.39, 0.29) is 35.5 Å². The third-order valence-electron chi connectivity index (χ3n) is 6.96. The normalized spacial score (nSPS) is 24.2. The quantitative estimate of drug-likeness (QED) is 0.552. The molecule has 0 radical (unpaired) electrons. The van der Waals surface area contributed by atoms with Crippen LogP contribution < -0.4 is 15.1 Å². The highest BCUT2D eigenvalue weighted by molar-refractivity contribution is 5.82. The number of nitrogens with zero attached hydrogens (tertiary/aromatic N) is 3. The van der Waals surface area contributed by atoms with Gasteiger partial charge in [-0.25, -0.2) is 4.39 Å². The Labute approximate surface area is 191 Å². The number of carbonyl (C=O) groups is 1. The van der Waals surface area contributed by atoms with Gasteiger partial charge in [0.25, 0.3) is 5.69 Å². The van der Waals surface area contributed by atoms with Gasteiger partial charge >= 0.3 is 0 Å². The first-order chi connectivity index (χ1) is 16.0. The molecule has 3 heterocycles. The molecule has 174 valence electrons. The van der Waals surface area contributed by atoms with Crippen molar-refractivity contribution in [1.82, 2.24) is 5.32 Å². The summed E-state index contributed by atoms with van der Waals surface area (Å²) in [4.78, 5) is 28.6. The number of piperazine rings is 1. The summed E-state index contributed by atoms with van der Waals surface area (Å²) in [5.41, 5.74) is 2.74. The Morgan fingerprint density at radius 3 is 2.76 bits per heavy atom. The summed E-state index contributed by atoms with van der Waals surface area (Å²) in [6.45, 7) is 3.20. The second-order valence-corrected chi connectivity index (χ2v) is 8.94. The third kappa shape index (κ3) is 4.37. The monoisotopic (exact) mass is 454 g/mol. The highest BCUT2D eigenvalue weighted by Gasteiger charge is 2.42. The van der Waals surface area contributed by atoms with Gasteiger partial charge in [0, 0.05) is 56.3 Å². The van der Waals surface area contributed by atoms with Crippen LogP contribution in [0, 0.1) is 21.8 Å². The van der Waals surface area contributed by atoms with Crippen molar-refractivity contribution >= 4 is 23.0 Å². The van der Waals surface area contributed by atoms with E-state index < -0.39 is 4.92 Å². The summed E-state index contributed by atoms with van der Waals surface area (Å²) < 4.78 is 19.1. The van der Waals surface area contributed by atoms with Crippen molar-refractivity contribution in [3.63, 3.8) is 0 Å². The van der Waals surface area contributed by atoms with Gasteiger partial charge in [-0.2, -0.15) is 0 Å². The van der Waals surface area contributed by atoms with Gasteiger partial charge in [0.2, 0.25) is 5.91 Å². The molecule has 0 aromatic heterocycles. The number of non-ortho nitro benzene ring substituents is 1. The number of amides is 1. The fourth-order valence-corrected chi connectivity index (χ4v) is 5.26. The van der Waals surface area contributed by atoms with E-state index in [2.05, 4.69) is 15.1 Å². The van der Waals surface area contributed by atoms with Crippen LogP contribution in [0.1, 0.15) is 18.4 Å². The Kier molecular flexibility index (Phi) is 5.88. The minimum absolute atomic E-state index is 0.0376. The zero-order valence-corrected chi connectivity index (χ0v) is 18.3. The molecule has 33 heavy (non-hydrogen) atoms. The molecule has 3 unspecified atom stereocenters. The summed E-state index contributed by atoms with van der Waals surface area (Å²) in [5.74, 6) is -0.695. The fourth-order valence-electron chi connectivity index (χ4n) is 5.26. The summed E-state index contributed by atoms with van der Waals surface area (Å²) in [6.07, 6.45) is 2.43. The van der Waals surface area contributed by atoms with E-state index in [1.807, 2.05) is 0 Å². The molecular weight excluding hydrogens is 427 g/mol. The zero-order valence-electron chi connectivity index (χ0n) is 18.3. The van der Waals surface area contributed by atoms with Crippen LogP contribution in [0.25, 0.3) is 0 Å². The molecule has 1 amide bonds. The molecule has 9 heteroatoms. The first-order valence-corrected chi connectivity index (χ1v) is 11.4. The van der Waals surface area contributed by atoms with Crippen LogP contribution in [-0.4, -0.2) is 55.8 Å². The van der Waals surface area contributed by atoms with Crippen LogP contribution in [0.15, 0.2) is 42.5 Å². The standard InChI is InChI=1S/C24H27FN4O4/c25-17-3-5-18(6-4-17)27-9-10-28-22-8-7-19(29(31)32)12-16(22)13-21(23(28)15-27)24(30)26-14-20-2-1-11-33-20/h3-8,12,20-21,23H,1-2,9-11,13-15H2,(H,26,30). The van der Waals surface area contributed by atoms with Gasteiger partial charge in [-0.05, 0) is 55.2 Å². The van der Waals surface area contributed by atoms with E-state index in [0.717, 1.165) is 36.4 Å². The number of hydrogen-bond acceptors (Lipinski definition) is 6. The molecule has 5 rings (SSSR count). The van der Waals surface area contributed by atoms with Crippen molar-refractivity contribution in [2.24, 2.45) is 5.92 Å². The van der Waals surface area contributed by atoms with Crippen molar-refractivity contribution in [3.8, 4) is 0 Å². The van der Waals surface area contributed by atoms with Crippen LogP contribution >= 0.6 is 0 Å². The van der Waals surface area contributed by atoms with E-state index in [0.29, 0.717) is 32.6 Å². The Morgan fingerprint density at radius 1 is 1.21 bits per heavy atom. The number of nitro groups is 1. The number of anilines is 2. The molecule has 3 atom stereocenters. The molecule has 3 aliphatic rings. The number of carbonyl (C=O) groups excluding carboxylic acids is 1. The van der Waals surface area contributed by atoms with Crippen LogP contribution in [0.5, 0.6) is 0 Å². The first-order valence-electron chi connectivity index (χ1n) is 11.4. The summed E-state index contributed by atoms with van der Waals surface area (Å²) in [5, 5.41) is 14.4. The largest absolute Gasteiger partial charge is 0.376 e. The predicted octanol–water partition coefficient (Wildman–Crippen LogP) is 2.90. The lowest BCUT2D eigenvalue weighted by Gasteiger charge is -2.49. The number of fused-ring (bicyclic) bond motifs is 3. The molecule has 0 saturated carbocycles. The lowest BCUT2D eigenvalue weighted by molar-refractivity contribution is -0.384. The molecule has 1 N–H and O–H groups in total. The predicted molar refractivity (Wildman–Crippen MR) is 122 cm³/mol. The molecule has 8 nitrogen and oxygen atoms in total. The number of halogens is 1. The molecule has 0 spiro atoms. The highest BCUT2D eigenvalue weighted by Crippen LogP contribution is 2.38. The van der Waals surface area contributed by atoms with E-state index in [9.17, 15) is 19.3 Å². The smallest absolute Gasteiger partial charge is 0.269 e. The Morgan fingerprint density at radius 2 is 2.03 bits per heavy atom.